The normalized spacial score (nSPS) is 12.2. The molecule has 11 heteroatoms. The zero-order valence-electron chi connectivity index (χ0n) is 19.6. The fourth-order valence-electron chi connectivity index (χ4n) is 2.97. The van der Waals surface area contributed by atoms with E-state index in [9.17, 15) is 14.4 Å². The molecule has 2 rings (SSSR count). The van der Waals surface area contributed by atoms with Crippen molar-refractivity contribution in [2.75, 3.05) is 5.32 Å². The van der Waals surface area contributed by atoms with Gasteiger partial charge in [-0.2, -0.15) is 0 Å². The second-order valence-corrected chi connectivity index (χ2v) is 9.11. The maximum Gasteiger partial charge on any atom is 0.407 e. The second-order valence-electron chi connectivity index (χ2n) is 9.11. The Bertz CT molecular complexity index is 949. The van der Waals surface area contributed by atoms with Gasteiger partial charge in [-0.05, 0) is 50.8 Å². The first-order valence-corrected chi connectivity index (χ1v) is 10.7. The largest absolute Gasteiger partial charge is 0.444 e. The summed E-state index contributed by atoms with van der Waals surface area (Å²) >= 11 is 0. The lowest BCUT2D eigenvalue weighted by molar-refractivity contribution is -0.139. The smallest absolute Gasteiger partial charge is 0.407 e. The molecule has 1 atom stereocenters. The molecule has 0 bridgehead atoms. The lowest BCUT2D eigenvalue weighted by Gasteiger charge is -2.19. The van der Waals surface area contributed by atoms with Gasteiger partial charge in [0.05, 0.1) is 19.3 Å². The molecule has 3 amide bonds. The van der Waals surface area contributed by atoms with E-state index in [1.165, 1.54) is 0 Å². The highest BCUT2D eigenvalue weighted by molar-refractivity contribution is 6.06. The summed E-state index contributed by atoms with van der Waals surface area (Å²) in [4.78, 5) is 36.0. The fraction of sp³-hybridized carbons (Fsp3) is 0.500. The molecule has 0 aliphatic carbocycles. The first kappa shape index (κ1) is 25.8. The summed E-state index contributed by atoms with van der Waals surface area (Å²) in [6.07, 6.45) is 1.51. The number of rotatable bonds is 9. The molecule has 180 valence electrons. The maximum absolute atomic E-state index is 12.5. The highest BCUT2D eigenvalue weighted by Gasteiger charge is 2.27. The predicted molar refractivity (Wildman–Crippen MR) is 120 cm³/mol. The molecule has 1 heterocycles. The van der Waals surface area contributed by atoms with Crippen molar-refractivity contribution in [3.05, 3.63) is 41.7 Å². The number of ether oxygens (including phenoxy) is 1. The van der Waals surface area contributed by atoms with Crippen LogP contribution >= 0.6 is 0 Å². The zero-order valence-corrected chi connectivity index (χ0v) is 19.6. The fourth-order valence-corrected chi connectivity index (χ4v) is 2.97. The molecule has 1 unspecified atom stereocenters. The standard InChI is InChI=1S/C22H32N6O5/c1-14(2)10-18(20(30)26-32)19(29)24-16-8-6-15(7-9-16)12-28-13-17(25-27-28)11-23-21(31)33-22(3,4)5/h6-9,13-14,18,32H,10-12H2,1-5H3,(H,23,31)(H,24,29)(H,26,30). The number of carbonyl (C=O) groups excluding carboxylic acids is 3. The van der Waals surface area contributed by atoms with E-state index in [0.29, 0.717) is 24.3 Å². The van der Waals surface area contributed by atoms with Gasteiger partial charge in [0.25, 0.3) is 5.91 Å². The quantitative estimate of drug-likeness (QED) is 0.255. The molecule has 11 nitrogen and oxygen atoms in total. The summed E-state index contributed by atoms with van der Waals surface area (Å²) in [5.74, 6) is -2.10. The van der Waals surface area contributed by atoms with E-state index in [2.05, 4.69) is 20.9 Å². The third kappa shape index (κ3) is 8.89. The Morgan fingerprint density at radius 3 is 2.36 bits per heavy atom. The Balaban J connectivity index is 1.91. The predicted octanol–water partition coefficient (Wildman–Crippen LogP) is 2.46. The first-order chi connectivity index (χ1) is 15.5. The molecule has 0 aliphatic heterocycles. The van der Waals surface area contributed by atoms with Crippen molar-refractivity contribution in [3.8, 4) is 0 Å². The van der Waals surface area contributed by atoms with Crippen LogP contribution in [0.5, 0.6) is 0 Å². The molecule has 4 N–H and O–H groups in total. The molecule has 1 aromatic carbocycles. The van der Waals surface area contributed by atoms with Crippen molar-refractivity contribution in [1.29, 1.82) is 0 Å². The number of hydrogen-bond acceptors (Lipinski definition) is 7. The minimum absolute atomic E-state index is 0.104. The topological polar surface area (TPSA) is 147 Å². The van der Waals surface area contributed by atoms with Gasteiger partial charge in [0.15, 0.2) is 0 Å². The third-order valence-electron chi connectivity index (χ3n) is 4.42. The molecule has 0 radical (unpaired) electrons. The van der Waals surface area contributed by atoms with E-state index in [1.54, 1.807) is 49.3 Å². The molecular formula is C22H32N6O5. The molecule has 0 saturated heterocycles. The van der Waals surface area contributed by atoms with Crippen LogP contribution in [0, 0.1) is 11.8 Å². The van der Waals surface area contributed by atoms with E-state index < -0.39 is 29.4 Å². The molecule has 0 aliphatic rings. The summed E-state index contributed by atoms with van der Waals surface area (Å²) in [6.45, 7) is 9.78. The van der Waals surface area contributed by atoms with Crippen molar-refractivity contribution in [3.63, 3.8) is 0 Å². The third-order valence-corrected chi connectivity index (χ3v) is 4.42. The first-order valence-electron chi connectivity index (χ1n) is 10.7. The van der Waals surface area contributed by atoms with Gasteiger partial charge in [-0.15, -0.1) is 5.10 Å². The van der Waals surface area contributed by atoms with Crippen molar-refractivity contribution in [1.82, 2.24) is 25.8 Å². The Kier molecular flexibility index (Phi) is 8.92. The zero-order chi connectivity index (χ0) is 24.6. The molecule has 2 aromatic rings. The van der Waals surface area contributed by atoms with Crippen LogP contribution in [0.3, 0.4) is 0 Å². The van der Waals surface area contributed by atoms with Gasteiger partial charge < -0.3 is 15.4 Å². The van der Waals surface area contributed by atoms with Crippen molar-refractivity contribution < 1.29 is 24.3 Å². The SMILES string of the molecule is CC(C)CC(C(=O)NO)C(=O)Nc1ccc(Cn2cc(CNC(=O)OC(C)(C)C)nn2)cc1. The summed E-state index contributed by atoms with van der Waals surface area (Å²) < 4.78 is 6.81. The van der Waals surface area contributed by atoms with Gasteiger partial charge >= 0.3 is 6.09 Å². The van der Waals surface area contributed by atoms with Crippen LogP contribution in [-0.2, 0) is 27.4 Å². The molecule has 0 saturated carbocycles. The number of hydrogen-bond donors (Lipinski definition) is 4. The van der Waals surface area contributed by atoms with Gasteiger partial charge in [0.1, 0.15) is 17.2 Å². The Hall–Kier alpha value is -3.47. The van der Waals surface area contributed by atoms with Gasteiger partial charge in [-0.1, -0.05) is 31.2 Å². The lowest BCUT2D eigenvalue weighted by atomic mass is 9.95. The van der Waals surface area contributed by atoms with E-state index in [0.717, 1.165) is 5.56 Å². The van der Waals surface area contributed by atoms with Gasteiger partial charge in [-0.25, -0.2) is 15.0 Å². The molecular weight excluding hydrogens is 428 g/mol. The van der Waals surface area contributed by atoms with Crippen molar-refractivity contribution in [2.24, 2.45) is 11.8 Å². The number of benzene rings is 1. The number of anilines is 1. The molecule has 1 aromatic heterocycles. The van der Waals surface area contributed by atoms with Gasteiger partial charge in [0.2, 0.25) is 5.91 Å². The summed E-state index contributed by atoms with van der Waals surface area (Å²) in [5, 5.41) is 22.3. The number of alkyl carbamates (subject to hydrolysis) is 1. The average Bonchev–Trinajstić information content (AvgIpc) is 3.17. The van der Waals surface area contributed by atoms with Crippen LogP contribution in [0.25, 0.3) is 0 Å². The van der Waals surface area contributed by atoms with Gasteiger partial charge in [0, 0.05) is 5.69 Å². The summed E-state index contributed by atoms with van der Waals surface area (Å²) in [7, 11) is 0. The van der Waals surface area contributed by atoms with Crippen molar-refractivity contribution >= 4 is 23.6 Å². The Morgan fingerprint density at radius 2 is 1.79 bits per heavy atom. The van der Waals surface area contributed by atoms with Crippen LogP contribution in [0.4, 0.5) is 10.5 Å². The Labute approximate surface area is 192 Å². The lowest BCUT2D eigenvalue weighted by Crippen LogP contribution is -2.37. The van der Waals surface area contributed by atoms with Crippen LogP contribution in [0.1, 0.15) is 52.3 Å². The molecule has 33 heavy (non-hydrogen) atoms. The van der Waals surface area contributed by atoms with Crippen LogP contribution in [-0.4, -0.2) is 43.7 Å². The van der Waals surface area contributed by atoms with Gasteiger partial charge in [-0.3, -0.25) is 14.8 Å². The summed E-state index contributed by atoms with van der Waals surface area (Å²) in [6, 6.07) is 7.08. The highest BCUT2D eigenvalue weighted by Crippen LogP contribution is 2.17. The van der Waals surface area contributed by atoms with E-state index >= 15 is 0 Å². The second kappa shape index (κ2) is 11.4. The van der Waals surface area contributed by atoms with Crippen LogP contribution in [0.2, 0.25) is 0 Å². The number of aromatic nitrogens is 3. The average molecular weight is 461 g/mol. The van der Waals surface area contributed by atoms with E-state index in [-0.39, 0.29) is 12.5 Å². The van der Waals surface area contributed by atoms with Crippen LogP contribution < -0.4 is 16.1 Å². The van der Waals surface area contributed by atoms with E-state index in [1.807, 2.05) is 26.0 Å². The number of nitrogens with one attached hydrogen (secondary N) is 3. The summed E-state index contributed by atoms with van der Waals surface area (Å²) in [5.41, 5.74) is 3.01. The minimum atomic E-state index is -0.988. The monoisotopic (exact) mass is 460 g/mol. The number of nitrogens with zero attached hydrogens (tertiary/aromatic N) is 3. The number of hydroxylamine groups is 1. The Morgan fingerprint density at radius 1 is 1.12 bits per heavy atom. The van der Waals surface area contributed by atoms with E-state index in [4.69, 9.17) is 9.94 Å². The molecule has 0 spiro atoms. The minimum Gasteiger partial charge on any atom is -0.444 e. The van der Waals surface area contributed by atoms with Crippen LogP contribution in [0.15, 0.2) is 30.5 Å². The number of amides is 3. The number of carbonyl (C=O) groups is 3. The molecule has 0 fully saturated rings. The highest BCUT2D eigenvalue weighted by atomic mass is 16.6. The van der Waals surface area contributed by atoms with Crippen molar-refractivity contribution in [2.45, 2.75) is 59.7 Å². The maximum atomic E-state index is 12.5.